The maximum absolute atomic E-state index is 2.46. The normalized spacial score (nSPS) is 11.3. The molecule has 0 aromatic heterocycles. The van der Waals surface area contributed by atoms with E-state index in [9.17, 15) is 0 Å². The van der Waals surface area contributed by atoms with Gasteiger partial charge in [-0.05, 0) is 109 Å². The highest BCUT2D eigenvalue weighted by atomic mass is 15.1. The largest absolute Gasteiger partial charge is 0.310 e. The molecule has 0 saturated carbocycles. The Bertz CT molecular complexity index is 2550. The summed E-state index contributed by atoms with van der Waals surface area (Å²) < 4.78 is 0. The second-order valence-corrected chi connectivity index (χ2v) is 12.6. The van der Waals surface area contributed by atoms with Crippen LogP contribution in [0.2, 0.25) is 0 Å². The molecular formula is C48H33N. The highest BCUT2D eigenvalue weighted by Gasteiger charge is 2.20. The molecule has 1 nitrogen and oxygen atoms in total. The van der Waals surface area contributed by atoms with E-state index >= 15 is 0 Å². The molecule has 0 aliphatic heterocycles. The lowest BCUT2D eigenvalue weighted by atomic mass is 9.95. The van der Waals surface area contributed by atoms with Crippen molar-refractivity contribution < 1.29 is 0 Å². The summed E-state index contributed by atoms with van der Waals surface area (Å²) in [6, 6.07) is 72.7. The lowest BCUT2D eigenvalue weighted by Gasteiger charge is -2.29. The molecule has 0 aliphatic rings. The van der Waals surface area contributed by atoms with Crippen LogP contribution in [0.3, 0.4) is 0 Å². The first-order chi connectivity index (χ1) is 24.3. The minimum atomic E-state index is 1.11. The fourth-order valence-electron chi connectivity index (χ4n) is 7.09. The van der Waals surface area contributed by atoms with Gasteiger partial charge in [-0.3, -0.25) is 0 Å². The first-order valence-corrected chi connectivity index (χ1v) is 16.8. The van der Waals surface area contributed by atoms with Crippen molar-refractivity contribution >= 4 is 49.4 Å². The van der Waals surface area contributed by atoms with E-state index in [0.29, 0.717) is 0 Å². The Morgan fingerprint density at radius 3 is 1.39 bits per heavy atom. The predicted octanol–water partition coefficient (Wildman–Crippen LogP) is 13.6. The zero-order valence-electron chi connectivity index (χ0n) is 27.0. The van der Waals surface area contributed by atoms with Gasteiger partial charge in [-0.2, -0.15) is 0 Å². The van der Waals surface area contributed by atoms with Crippen molar-refractivity contribution in [3.8, 4) is 33.4 Å². The van der Waals surface area contributed by atoms with Crippen molar-refractivity contribution in [1.29, 1.82) is 0 Å². The topological polar surface area (TPSA) is 3.24 Å². The number of fused-ring (bicyclic) bond motifs is 3. The van der Waals surface area contributed by atoms with Crippen LogP contribution in [0, 0.1) is 0 Å². The van der Waals surface area contributed by atoms with Crippen molar-refractivity contribution in [2.45, 2.75) is 0 Å². The molecule has 0 fully saturated rings. The second-order valence-electron chi connectivity index (χ2n) is 12.6. The molecule has 1 heteroatoms. The van der Waals surface area contributed by atoms with E-state index in [0.717, 1.165) is 17.1 Å². The van der Waals surface area contributed by atoms with E-state index < -0.39 is 0 Å². The summed E-state index contributed by atoms with van der Waals surface area (Å²) in [5.41, 5.74) is 10.5. The standard InChI is InChI=1S/C48H33N/c1-3-13-34(14-4-1)42-29-43(35-15-5-2-6-16-35)32-46(31-42)49(45-26-25-37-18-8-10-20-39(37)30-45)48-33-44(28-41-21-11-12-22-47(41)48)40-24-23-36-17-7-9-19-38(36)27-40/h1-33H. The first-order valence-electron chi connectivity index (χ1n) is 16.8. The van der Waals surface area contributed by atoms with Crippen molar-refractivity contribution in [2.24, 2.45) is 0 Å². The Labute approximate surface area is 287 Å². The molecule has 49 heavy (non-hydrogen) atoms. The molecule has 0 N–H and O–H groups in total. The summed E-state index contributed by atoms with van der Waals surface area (Å²) in [4.78, 5) is 2.46. The Morgan fingerprint density at radius 2 is 0.735 bits per heavy atom. The fourth-order valence-corrected chi connectivity index (χ4v) is 7.09. The molecule has 9 rings (SSSR count). The van der Waals surface area contributed by atoms with Gasteiger partial charge in [-0.1, -0.05) is 152 Å². The Kier molecular flexibility index (Phi) is 7.22. The van der Waals surface area contributed by atoms with Gasteiger partial charge in [0.05, 0.1) is 5.69 Å². The molecule has 0 atom stereocenters. The van der Waals surface area contributed by atoms with Crippen LogP contribution in [0.1, 0.15) is 0 Å². The van der Waals surface area contributed by atoms with Gasteiger partial charge in [0.25, 0.3) is 0 Å². The van der Waals surface area contributed by atoms with Gasteiger partial charge in [-0.15, -0.1) is 0 Å². The van der Waals surface area contributed by atoms with Gasteiger partial charge in [0.1, 0.15) is 0 Å². The third-order valence-corrected chi connectivity index (χ3v) is 9.55. The molecule has 0 aliphatic carbocycles. The highest BCUT2D eigenvalue weighted by molar-refractivity contribution is 6.04. The molecule has 0 amide bonds. The smallest absolute Gasteiger partial charge is 0.0546 e. The fraction of sp³-hybridized carbons (Fsp3) is 0. The van der Waals surface area contributed by atoms with Gasteiger partial charge in [0.15, 0.2) is 0 Å². The quantitative estimate of drug-likeness (QED) is 0.178. The molecule has 0 radical (unpaired) electrons. The molecule has 9 aromatic carbocycles. The van der Waals surface area contributed by atoms with Crippen LogP contribution in [0.5, 0.6) is 0 Å². The number of anilines is 3. The van der Waals surface area contributed by atoms with E-state index in [2.05, 4.69) is 205 Å². The van der Waals surface area contributed by atoms with Crippen molar-refractivity contribution in [3.63, 3.8) is 0 Å². The van der Waals surface area contributed by atoms with Crippen LogP contribution < -0.4 is 4.90 Å². The summed E-state index contributed by atoms with van der Waals surface area (Å²) in [5, 5.41) is 7.33. The lowest BCUT2D eigenvalue weighted by molar-refractivity contribution is 1.30. The SMILES string of the molecule is c1ccc(-c2cc(-c3ccccc3)cc(N(c3ccc4ccccc4c3)c3cc(-c4ccc5ccccc5c4)cc4ccccc34)c2)cc1. The van der Waals surface area contributed by atoms with Gasteiger partial charge in [-0.25, -0.2) is 0 Å². The van der Waals surface area contributed by atoms with E-state index in [1.54, 1.807) is 0 Å². The lowest BCUT2D eigenvalue weighted by Crippen LogP contribution is -2.11. The van der Waals surface area contributed by atoms with E-state index in [-0.39, 0.29) is 0 Å². The predicted molar refractivity (Wildman–Crippen MR) is 210 cm³/mol. The molecule has 0 spiro atoms. The van der Waals surface area contributed by atoms with Gasteiger partial charge in [0.2, 0.25) is 0 Å². The van der Waals surface area contributed by atoms with Crippen LogP contribution in [0.4, 0.5) is 17.1 Å². The van der Waals surface area contributed by atoms with Gasteiger partial charge < -0.3 is 4.90 Å². The van der Waals surface area contributed by atoms with Crippen LogP contribution in [-0.2, 0) is 0 Å². The molecule has 0 heterocycles. The Morgan fingerprint density at radius 1 is 0.245 bits per heavy atom. The molecule has 0 unspecified atom stereocenters. The maximum atomic E-state index is 2.46. The number of hydrogen-bond donors (Lipinski definition) is 0. The molecule has 230 valence electrons. The third-order valence-electron chi connectivity index (χ3n) is 9.55. The van der Waals surface area contributed by atoms with Crippen LogP contribution in [0.15, 0.2) is 200 Å². The molecule has 0 bridgehead atoms. The van der Waals surface area contributed by atoms with Gasteiger partial charge in [0, 0.05) is 16.8 Å². The molecule has 9 aromatic rings. The summed E-state index contributed by atoms with van der Waals surface area (Å²) >= 11 is 0. The van der Waals surface area contributed by atoms with Crippen LogP contribution in [0.25, 0.3) is 65.7 Å². The van der Waals surface area contributed by atoms with Crippen LogP contribution >= 0.6 is 0 Å². The molecular weight excluding hydrogens is 591 g/mol. The average molecular weight is 624 g/mol. The first kappa shape index (κ1) is 28.8. The van der Waals surface area contributed by atoms with E-state index in [4.69, 9.17) is 0 Å². The maximum Gasteiger partial charge on any atom is 0.0546 e. The minimum Gasteiger partial charge on any atom is -0.310 e. The summed E-state index contributed by atoms with van der Waals surface area (Å²) in [6.07, 6.45) is 0. The van der Waals surface area contributed by atoms with Gasteiger partial charge >= 0.3 is 0 Å². The van der Waals surface area contributed by atoms with Crippen molar-refractivity contribution in [2.75, 3.05) is 4.90 Å². The average Bonchev–Trinajstić information content (AvgIpc) is 3.18. The number of nitrogens with zero attached hydrogens (tertiary/aromatic N) is 1. The minimum absolute atomic E-state index is 1.11. The van der Waals surface area contributed by atoms with E-state index in [1.165, 1.54) is 65.7 Å². The Balaban J connectivity index is 1.34. The monoisotopic (exact) mass is 623 g/mol. The second kappa shape index (κ2) is 12.3. The Hall–Kier alpha value is -6.44. The summed E-state index contributed by atoms with van der Waals surface area (Å²) in [7, 11) is 0. The zero-order valence-corrected chi connectivity index (χ0v) is 27.0. The number of rotatable bonds is 6. The number of hydrogen-bond acceptors (Lipinski definition) is 1. The van der Waals surface area contributed by atoms with Crippen LogP contribution in [-0.4, -0.2) is 0 Å². The van der Waals surface area contributed by atoms with E-state index in [1.807, 2.05) is 0 Å². The van der Waals surface area contributed by atoms with Crippen molar-refractivity contribution in [3.05, 3.63) is 200 Å². The summed E-state index contributed by atoms with van der Waals surface area (Å²) in [6.45, 7) is 0. The van der Waals surface area contributed by atoms with Crippen molar-refractivity contribution in [1.82, 2.24) is 0 Å². The highest BCUT2D eigenvalue weighted by Crippen LogP contribution is 2.44. The third kappa shape index (κ3) is 5.52. The molecule has 0 saturated heterocycles. The zero-order chi connectivity index (χ0) is 32.6. The summed E-state index contributed by atoms with van der Waals surface area (Å²) in [5.74, 6) is 0. The number of benzene rings is 9.